The van der Waals surface area contributed by atoms with Crippen LogP contribution >= 0.6 is 35.0 Å². The fourth-order valence-electron chi connectivity index (χ4n) is 2.73. The maximum Gasteiger partial charge on any atom is 0.416 e. The van der Waals surface area contributed by atoms with E-state index in [9.17, 15) is 22.8 Å². The van der Waals surface area contributed by atoms with Gasteiger partial charge in [0.25, 0.3) is 5.91 Å². The molecule has 0 aliphatic carbocycles. The number of amides is 2. The van der Waals surface area contributed by atoms with Crippen LogP contribution in [0.3, 0.4) is 0 Å². The average Bonchev–Trinajstić information content (AvgIpc) is 2.70. The molecule has 168 valence electrons. The third kappa shape index (κ3) is 7.94. The van der Waals surface area contributed by atoms with Gasteiger partial charge in [-0.2, -0.15) is 24.9 Å². The van der Waals surface area contributed by atoms with Crippen LogP contribution in [0.1, 0.15) is 27.9 Å². The summed E-state index contributed by atoms with van der Waals surface area (Å²) in [6.45, 7) is 0.220. The van der Waals surface area contributed by atoms with Crippen LogP contribution in [0.2, 0.25) is 10.0 Å². The summed E-state index contributed by atoms with van der Waals surface area (Å²) in [7, 11) is 0. The summed E-state index contributed by atoms with van der Waals surface area (Å²) < 4.78 is 37.9. The number of benzene rings is 2. The fraction of sp³-hybridized carbons (Fsp3) is 0.333. The number of alkyl halides is 3. The molecule has 0 bridgehead atoms. The maximum atomic E-state index is 12.6. The van der Waals surface area contributed by atoms with Gasteiger partial charge < -0.3 is 10.6 Å². The number of carbonyl (C=O) groups excluding carboxylic acids is 2. The molecule has 0 heterocycles. The summed E-state index contributed by atoms with van der Waals surface area (Å²) in [5.41, 5.74) is 0.143. The van der Waals surface area contributed by atoms with Crippen LogP contribution < -0.4 is 10.6 Å². The van der Waals surface area contributed by atoms with Crippen molar-refractivity contribution in [3.8, 4) is 0 Å². The molecule has 0 spiro atoms. The van der Waals surface area contributed by atoms with Gasteiger partial charge in [-0.25, -0.2) is 0 Å². The molecule has 2 N–H and O–H groups in total. The number of nitrogens with one attached hydrogen (secondary N) is 2. The fourth-order valence-corrected chi connectivity index (χ4v) is 3.69. The summed E-state index contributed by atoms with van der Waals surface area (Å²) in [5, 5.41) is 5.98. The molecule has 31 heavy (non-hydrogen) atoms. The van der Waals surface area contributed by atoms with Crippen molar-refractivity contribution in [3.05, 3.63) is 69.2 Å². The van der Waals surface area contributed by atoms with Crippen molar-refractivity contribution >= 4 is 46.8 Å². The average molecular weight is 493 g/mol. The molecule has 0 fully saturated rings. The Kier molecular flexibility index (Phi) is 9.53. The summed E-state index contributed by atoms with van der Waals surface area (Å²) in [6, 6.07) is 8.45. The minimum atomic E-state index is -4.39. The third-order valence-corrected chi connectivity index (χ3v) is 5.59. The molecule has 1 atom stereocenters. The molecule has 10 heteroatoms. The van der Waals surface area contributed by atoms with E-state index >= 15 is 0 Å². The summed E-state index contributed by atoms with van der Waals surface area (Å²) in [5.74, 6) is -0.226. The third-order valence-electron chi connectivity index (χ3n) is 4.40. The molecule has 1 unspecified atom stereocenters. The highest BCUT2D eigenvalue weighted by atomic mass is 35.5. The van der Waals surface area contributed by atoms with Gasteiger partial charge in [0.05, 0.1) is 16.1 Å². The van der Waals surface area contributed by atoms with E-state index in [1.165, 1.54) is 42.1 Å². The Morgan fingerprint density at radius 3 is 2.35 bits per heavy atom. The van der Waals surface area contributed by atoms with Crippen LogP contribution in [0.4, 0.5) is 13.2 Å². The Morgan fingerprint density at radius 2 is 1.77 bits per heavy atom. The normalized spacial score (nSPS) is 12.3. The van der Waals surface area contributed by atoms with Gasteiger partial charge in [-0.3, -0.25) is 9.59 Å². The van der Waals surface area contributed by atoms with E-state index < -0.39 is 23.7 Å². The lowest BCUT2D eigenvalue weighted by Crippen LogP contribution is -2.47. The maximum absolute atomic E-state index is 12.6. The van der Waals surface area contributed by atoms with Crippen molar-refractivity contribution in [3.63, 3.8) is 0 Å². The van der Waals surface area contributed by atoms with Gasteiger partial charge in [0.15, 0.2) is 0 Å². The van der Waals surface area contributed by atoms with Crippen molar-refractivity contribution in [1.29, 1.82) is 0 Å². The summed E-state index contributed by atoms with van der Waals surface area (Å²) >= 11 is 13.4. The molecular formula is C21H21Cl2F3N2O2S. The minimum absolute atomic E-state index is 0.177. The van der Waals surface area contributed by atoms with E-state index in [0.29, 0.717) is 29.2 Å². The Morgan fingerprint density at radius 1 is 1.10 bits per heavy atom. The molecule has 0 aromatic heterocycles. The second-order valence-electron chi connectivity index (χ2n) is 6.67. The van der Waals surface area contributed by atoms with Crippen LogP contribution in [-0.2, 0) is 17.4 Å². The summed E-state index contributed by atoms with van der Waals surface area (Å²) in [6.07, 6.45) is -1.74. The second-order valence-corrected chi connectivity index (χ2v) is 8.50. The van der Waals surface area contributed by atoms with Crippen molar-refractivity contribution in [2.45, 2.75) is 25.1 Å². The minimum Gasteiger partial charge on any atom is -0.354 e. The van der Waals surface area contributed by atoms with E-state index in [1.807, 2.05) is 6.26 Å². The Bertz CT molecular complexity index is 908. The Hall–Kier alpha value is -1.90. The number of hydrogen-bond acceptors (Lipinski definition) is 3. The molecule has 2 aromatic rings. The second kappa shape index (κ2) is 11.6. The first-order chi connectivity index (χ1) is 14.6. The largest absolute Gasteiger partial charge is 0.416 e. The van der Waals surface area contributed by atoms with E-state index in [2.05, 4.69) is 10.6 Å². The van der Waals surface area contributed by atoms with Gasteiger partial charge in [-0.1, -0.05) is 35.3 Å². The smallest absolute Gasteiger partial charge is 0.354 e. The Labute approximate surface area is 192 Å². The quantitative estimate of drug-likeness (QED) is 0.504. The van der Waals surface area contributed by atoms with Crippen molar-refractivity contribution in [2.24, 2.45) is 0 Å². The topological polar surface area (TPSA) is 58.2 Å². The molecule has 2 rings (SSSR count). The van der Waals surface area contributed by atoms with Crippen LogP contribution in [-0.4, -0.2) is 36.4 Å². The highest BCUT2D eigenvalue weighted by Gasteiger charge is 2.30. The first kappa shape index (κ1) is 25.4. The molecule has 0 radical (unpaired) electrons. The molecule has 0 aliphatic heterocycles. The predicted molar refractivity (Wildman–Crippen MR) is 119 cm³/mol. The molecule has 0 saturated heterocycles. The molecule has 0 saturated carbocycles. The number of carbonyl (C=O) groups is 2. The molecule has 2 amide bonds. The lowest BCUT2D eigenvalue weighted by Gasteiger charge is -2.19. The highest BCUT2D eigenvalue weighted by Crippen LogP contribution is 2.29. The van der Waals surface area contributed by atoms with Crippen LogP contribution in [0.5, 0.6) is 0 Å². The van der Waals surface area contributed by atoms with Crippen molar-refractivity contribution in [1.82, 2.24) is 10.6 Å². The number of hydrogen-bond donors (Lipinski definition) is 2. The Balaban J connectivity index is 1.95. The lowest BCUT2D eigenvalue weighted by atomic mass is 10.1. The van der Waals surface area contributed by atoms with Crippen molar-refractivity contribution < 1.29 is 22.8 Å². The zero-order chi connectivity index (χ0) is 23.0. The van der Waals surface area contributed by atoms with Crippen LogP contribution in [0.15, 0.2) is 42.5 Å². The van der Waals surface area contributed by atoms with Crippen LogP contribution in [0.25, 0.3) is 0 Å². The van der Waals surface area contributed by atoms with E-state index in [4.69, 9.17) is 23.2 Å². The van der Waals surface area contributed by atoms with Crippen molar-refractivity contribution in [2.75, 3.05) is 18.6 Å². The SMILES string of the molecule is CSCCC(NC(=O)c1ccc(Cl)cc1Cl)C(=O)NCCc1ccc(C(F)(F)F)cc1. The van der Waals surface area contributed by atoms with E-state index in [0.717, 1.165) is 12.1 Å². The van der Waals surface area contributed by atoms with Gasteiger partial charge >= 0.3 is 6.18 Å². The van der Waals surface area contributed by atoms with Gasteiger partial charge in [0, 0.05) is 11.6 Å². The van der Waals surface area contributed by atoms with Gasteiger partial charge in [0.1, 0.15) is 6.04 Å². The molecule has 2 aromatic carbocycles. The van der Waals surface area contributed by atoms with Gasteiger partial charge in [-0.05, 0) is 60.7 Å². The molecule has 4 nitrogen and oxygen atoms in total. The molecular weight excluding hydrogens is 472 g/mol. The highest BCUT2D eigenvalue weighted by molar-refractivity contribution is 7.98. The summed E-state index contributed by atoms with van der Waals surface area (Å²) in [4.78, 5) is 25.1. The predicted octanol–water partition coefficient (Wildman–Crippen LogP) is 5.22. The zero-order valence-electron chi connectivity index (χ0n) is 16.6. The monoisotopic (exact) mass is 492 g/mol. The number of thioether (sulfide) groups is 1. The number of halogens is 5. The lowest BCUT2D eigenvalue weighted by molar-refractivity contribution is -0.137. The standard InChI is InChI=1S/C21H21Cl2F3N2O2S/c1-31-11-9-18(28-19(29)16-7-6-15(22)12-17(16)23)20(30)27-10-8-13-2-4-14(5-3-13)21(24,25)26/h2-7,12,18H,8-11H2,1H3,(H,27,30)(H,28,29). The van der Waals surface area contributed by atoms with E-state index in [-0.39, 0.29) is 23.0 Å². The zero-order valence-corrected chi connectivity index (χ0v) is 18.9. The van der Waals surface area contributed by atoms with Gasteiger partial charge in [-0.15, -0.1) is 0 Å². The van der Waals surface area contributed by atoms with Crippen LogP contribution in [0, 0.1) is 0 Å². The van der Waals surface area contributed by atoms with Gasteiger partial charge in [0.2, 0.25) is 5.91 Å². The first-order valence-electron chi connectivity index (χ1n) is 9.30. The first-order valence-corrected chi connectivity index (χ1v) is 11.5. The van der Waals surface area contributed by atoms with E-state index in [1.54, 1.807) is 0 Å². The number of rotatable bonds is 9. The molecule has 0 aliphatic rings.